The maximum atomic E-state index is 7.91. The normalized spacial score (nSPS) is 47.5. The van der Waals surface area contributed by atoms with E-state index in [1.165, 1.54) is 12.8 Å². The molecule has 1 radical (unpaired) electrons. The van der Waals surface area contributed by atoms with E-state index in [1.807, 2.05) is 7.11 Å². The molecule has 0 amide bonds. The van der Waals surface area contributed by atoms with Crippen LogP contribution in [-0.4, -0.2) is 134 Å². The maximum absolute atomic E-state index is 7.91. The zero-order valence-corrected chi connectivity index (χ0v) is 42.8. The summed E-state index contributed by atoms with van der Waals surface area (Å²) in [4.78, 5) is 0. The molecule has 11 fully saturated rings. The van der Waals surface area contributed by atoms with Gasteiger partial charge >= 0.3 is 44.5 Å². The van der Waals surface area contributed by atoms with Gasteiger partial charge in [-0.15, -0.1) is 0 Å². The van der Waals surface area contributed by atoms with Crippen LogP contribution in [0.4, 0.5) is 0 Å². The molecule has 18 unspecified atom stereocenters. The van der Waals surface area contributed by atoms with E-state index in [-0.39, 0.29) is 0 Å². The molecular weight excluding hydrogens is 881 g/mol. The zero-order valence-electron chi connectivity index (χ0n) is 37.8. The number of hydrogen-bond donors (Lipinski definition) is 0. The largest absolute Gasteiger partial charge is 0.493 e. The number of ether oxygens (including phenoxy) is 5. The number of hydrogen-bond acceptors (Lipinski definition) is 14. The van der Waals surface area contributed by atoms with E-state index in [0.29, 0.717) is 109 Å². The predicted octanol–water partition coefficient (Wildman–Crippen LogP) is 7.31. The Bertz CT molecular complexity index is 1560. The molecule has 0 N–H and O–H groups in total. The van der Waals surface area contributed by atoms with Crippen molar-refractivity contribution < 1.29 is 62.0 Å². The van der Waals surface area contributed by atoms with E-state index >= 15 is 0 Å². The highest BCUT2D eigenvalue weighted by Gasteiger charge is 2.66. The van der Waals surface area contributed by atoms with Crippen LogP contribution < -0.4 is 0 Å². The average Bonchev–Trinajstić information content (AvgIpc) is 4.06. The molecule has 6 aliphatic heterocycles. The van der Waals surface area contributed by atoms with Gasteiger partial charge in [-0.3, -0.25) is 0 Å². The molecule has 5 saturated carbocycles. The van der Waals surface area contributed by atoms with Gasteiger partial charge in [0.15, 0.2) is 0 Å². The molecule has 0 aromatic rings. The maximum Gasteiger partial charge on any atom is 0.493 e. The van der Waals surface area contributed by atoms with E-state index in [9.17, 15) is 0 Å². The van der Waals surface area contributed by atoms with Gasteiger partial charge in [0.1, 0.15) is 0 Å². The second-order valence-electron chi connectivity index (χ2n) is 21.3. The van der Waals surface area contributed by atoms with Crippen LogP contribution in [0.3, 0.4) is 0 Å². The summed E-state index contributed by atoms with van der Waals surface area (Å²) in [6, 6.07) is 3.62. The number of rotatable bonds is 22. The van der Waals surface area contributed by atoms with Gasteiger partial charge in [0, 0.05) is 52.6 Å². The molecule has 0 aromatic carbocycles. The molecule has 0 spiro atoms. The summed E-state index contributed by atoms with van der Waals surface area (Å²) >= 11 is 0. The molecule has 351 valence electrons. The van der Waals surface area contributed by atoms with Crippen molar-refractivity contribution in [3.8, 4) is 0 Å². The molecule has 6 heterocycles. The molecule has 62 heavy (non-hydrogen) atoms. The van der Waals surface area contributed by atoms with Crippen molar-refractivity contribution in [2.75, 3.05) is 28.4 Å². The van der Waals surface area contributed by atoms with Crippen molar-refractivity contribution in [1.29, 1.82) is 0 Å². The summed E-state index contributed by atoms with van der Waals surface area (Å²) in [6.45, 7) is 0. The number of fused-ring (bicyclic) bond motifs is 5. The van der Waals surface area contributed by atoms with Crippen LogP contribution in [0.1, 0.15) is 122 Å². The Balaban J connectivity index is 0.906. The molecule has 19 heteroatoms. The second-order valence-corrected chi connectivity index (χ2v) is 35.6. The quantitative estimate of drug-likeness (QED) is 0.0790. The molecule has 5 aliphatic carbocycles. The van der Waals surface area contributed by atoms with Gasteiger partial charge in [-0.25, -0.2) is 0 Å². The van der Waals surface area contributed by atoms with Crippen LogP contribution in [0, 0.1) is 29.6 Å². The summed E-state index contributed by atoms with van der Waals surface area (Å²) in [5.74, 6) is 2.57. The summed E-state index contributed by atoms with van der Waals surface area (Å²) in [7, 11) is -8.80. The Morgan fingerprint density at radius 2 is 0.887 bits per heavy atom. The predicted molar refractivity (Wildman–Crippen MR) is 235 cm³/mol. The fraction of sp³-hybridized carbons (Fsp3) is 1.00. The van der Waals surface area contributed by atoms with Gasteiger partial charge in [0.2, 0.25) is 0 Å². The highest BCUT2D eigenvalue weighted by Crippen LogP contribution is 2.49. The average molecular weight is 956 g/mol. The Kier molecular flexibility index (Phi) is 13.4. The van der Waals surface area contributed by atoms with E-state index in [4.69, 9.17) is 62.0 Å². The highest BCUT2D eigenvalue weighted by molar-refractivity contribution is 6.89. The van der Waals surface area contributed by atoms with Crippen molar-refractivity contribution >= 4 is 44.5 Å². The van der Waals surface area contributed by atoms with Crippen LogP contribution in [0.25, 0.3) is 0 Å². The Hall–Kier alpha value is 0.524. The second kappa shape index (κ2) is 18.4. The lowest BCUT2D eigenvalue weighted by Gasteiger charge is -2.49. The van der Waals surface area contributed by atoms with Crippen LogP contribution in [0.2, 0.25) is 30.2 Å². The lowest BCUT2D eigenvalue weighted by atomic mass is 9.88. The molecule has 11 aliphatic rings. The van der Waals surface area contributed by atoms with Crippen molar-refractivity contribution in [3.63, 3.8) is 0 Å². The van der Waals surface area contributed by atoms with Crippen LogP contribution >= 0.6 is 0 Å². The first-order valence-electron chi connectivity index (χ1n) is 25.0. The Labute approximate surface area is 376 Å². The Morgan fingerprint density at radius 1 is 0.468 bits per heavy atom. The molecule has 6 saturated heterocycles. The van der Waals surface area contributed by atoms with E-state index in [1.54, 1.807) is 21.3 Å². The van der Waals surface area contributed by atoms with Gasteiger partial charge in [-0.1, -0.05) is 0 Å². The third-order valence-electron chi connectivity index (χ3n) is 17.2. The van der Waals surface area contributed by atoms with E-state index in [2.05, 4.69) is 0 Å². The van der Waals surface area contributed by atoms with E-state index < -0.39 is 44.5 Å². The molecular formula is C43H75O14Si5. The summed E-state index contributed by atoms with van der Waals surface area (Å²) in [5.41, 5.74) is 0. The van der Waals surface area contributed by atoms with Crippen LogP contribution in [-0.2, 0) is 62.0 Å². The van der Waals surface area contributed by atoms with Crippen molar-refractivity contribution in [2.24, 2.45) is 29.6 Å². The number of epoxide rings is 5. The standard InChI is InChI=1S/C43H75O14Si5/c1-44-59(20-16-30-6-11-35-40(24-30)49-35)53-58(19-15-29-5-10-34-39(23-29)48-34)54-61(55-59,22-18-32-8-13-37-42(26-32)51-37)56-60(45-2,21-17-31-7-12-36-41(25-31)50-36)57-62(46-3,47-4)28-33-9-14-38-43(27-33)52-38/h29-43H,5-28H2,1-4H3. The van der Waals surface area contributed by atoms with Gasteiger partial charge in [0.25, 0.3) is 0 Å². The molecule has 0 bridgehead atoms. The molecule has 18 atom stereocenters. The molecule has 14 nitrogen and oxygen atoms in total. The Morgan fingerprint density at radius 3 is 1.35 bits per heavy atom. The zero-order chi connectivity index (χ0) is 42.1. The van der Waals surface area contributed by atoms with Gasteiger partial charge in [-0.2, -0.15) is 0 Å². The van der Waals surface area contributed by atoms with Crippen LogP contribution in [0.15, 0.2) is 0 Å². The minimum absolute atomic E-state index is 0.344. The van der Waals surface area contributed by atoms with E-state index in [0.717, 1.165) is 121 Å². The lowest BCUT2D eigenvalue weighted by Crippen LogP contribution is -2.71. The third-order valence-corrected chi connectivity index (χ3v) is 35.9. The topological polar surface area (TPSA) is 146 Å². The third kappa shape index (κ3) is 10.4. The van der Waals surface area contributed by atoms with Gasteiger partial charge in [-0.05, 0) is 158 Å². The van der Waals surface area contributed by atoms with Crippen molar-refractivity contribution in [3.05, 3.63) is 0 Å². The summed E-state index contributed by atoms with van der Waals surface area (Å²) in [6.07, 6.45) is 24.9. The summed E-state index contributed by atoms with van der Waals surface area (Å²) < 4.78 is 94.4. The molecule has 0 aromatic heterocycles. The minimum Gasteiger partial charge on any atom is -0.393 e. The minimum atomic E-state index is -3.68. The first kappa shape index (κ1) is 45.0. The fourth-order valence-corrected chi connectivity index (χ4v) is 35.5. The first-order valence-corrected chi connectivity index (χ1v) is 34.2. The van der Waals surface area contributed by atoms with Crippen molar-refractivity contribution in [1.82, 2.24) is 0 Å². The monoisotopic (exact) mass is 955 g/mol. The first-order chi connectivity index (χ1) is 30.2. The molecule has 11 rings (SSSR count). The smallest absolute Gasteiger partial charge is 0.393 e. The lowest BCUT2D eigenvalue weighted by molar-refractivity contribution is 0.0558. The highest BCUT2D eigenvalue weighted by atomic mass is 28.6. The van der Waals surface area contributed by atoms with Gasteiger partial charge in [0.05, 0.1) is 61.0 Å². The SMILES string of the molecule is CO[Si](CC1CCC2OC2C1)(OC)O[Si](CCC1CCC2OC2C1)(OC)O[Si]1(CCC2CCC3OC3C2)O[Si](CCC2CCC3OC3C2)O[Si](CCC2CCC3OC3C2)(OC)O1. The fourth-order valence-electron chi connectivity index (χ4n) is 12.9. The van der Waals surface area contributed by atoms with Gasteiger partial charge < -0.3 is 62.0 Å². The van der Waals surface area contributed by atoms with Crippen molar-refractivity contribution in [2.45, 2.75) is 213 Å². The van der Waals surface area contributed by atoms with Crippen LogP contribution in [0.5, 0.6) is 0 Å². The summed E-state index contributed by atoms with van der Waals surface area (Å²) in [5, 5.41) is 0.